The maximum Gasteiger partial charge on any atom is 0.310 e. The van der Waals surface area contributed by atoms with Gasteiger partial charge < -0.3 is 5.11 Å². The molecule has 0 saturated heterocycles. The first kappa shape index (κ1) is 12.1. The number of hydrogen-bond donors (Lipinski definition) is 1. The summed E-state index contributed by atoms with van der Waals surface area (Å²) in [6, 6.07) is 6.66. The molecule has 2 rings (SSSR count). The van der Waals surface area contributed by atoms with Crippen LogP contribution in [-0.4, -0.2) is 25.2 Å². The van der Waals surface area contributed by atoms with Crippen LogP contribution in [0.4, 0.5) is 0 Å². The van der Waals surface area contributed by atoms with Crippen LogP contribution < -0.4 is 0 Å². The molecule has 0 amide bonds. The van der Waals surface area contributed by atoms with Crippen molar-refractivity contribution in [2.75, 3.05) is 5.75 Å². The summed E-state index contributed by atoms with van der Waals surface area (Å²) < 4.78 is 24.3. The molecule has 1 aromatic rings. The van der Waals surface area contributed by atoms with Crippen LogP contribution in [0, 0.1) is 12.3 Å². The van der Waals surface area contributed by atoms with E-state index in [4.69, 9.17) is 5.11 Å². The summed E-state index contributed by atoms with van der Waals surface area (Å²) in [5.41, 5.74) is -0.380. The first-order valence-electron chi connectivity index (χ1n) is 5.39. The normalized spacial score (nSPS) is 17.7. The van der Waals surface area contributed by atoms with Gasteiger partial charge in [-0.25, -0.2) is 8.42 Å². The van der Waals surface area contributed by atoms with Gasteiger partial charge in [-0.15, -0.1) is 0 Å². The smallest absolute Gasteiger partial charge is 0.310 e. The summed E-state index contributed by atoms with van der Waals surface area (Å²) in [7, 11) is -3.51. The zero-order chi connectivity index (χ0) is 12.7. The summed E-state index contributed by atoms with van der Waals surface area (Å²) in [5, 5.41) is 9.02. The molecule has 1 aliphatic carbocycles. The van der Waals surface area contributed by atoms with E-state index >= 15 is 0 Å². The molecule has 0 atom stereocenters. The minimum Gasteiger partial charge on any atom is -0.481 e. The highest BCUT2D eigenvalue weighted by molar-refractivity contribution is 7.91. The SMILES string of the molecule is Cc1ccccc1S(=O)(=O)CC1(C(=O)O)CC1. The van der Waals surface area contributed by atoms with E-state index in [9.17, 15) is 13.2 Å². The molecule has 0 bridgehead atoms. The molecule has 0 aromatic heterocycles. The van der Waals surface area contributed by atoms with E-state index in [-0.39, 0.29) is 10.6 Å². The van der Waals surface area contributed by atoms with Gasteiger partial charge in [0, 0.05) is 0 Å². The molecule has 0 aliphatic heterocycles. The fraction of sp³-hybridized carbons (Fsp3) is 0.417. The highest BCUT2D eigenvalue weighted by Gasteiger charge is 2.53. The summed E-state index contributed by atoms with van der Waals surface area (Å²) in [6.07, 6.45) is 0.904. The van der Waals surface area contributed by atoms with Crippen LogP contribution in [-0.2, 0) is 14.6 Å². The Balaban J connectivity index is 2.33. The standard InChI is InChI=1S/C12H14O4S/c1-9-4-2-3-5-10(9)17(15,16)8-12(6-7-12)11(13)14/h2-5H,6-8H2,1H3,(H,13,14). The highest BCUT2D eigenvalue weighted by Crippen LogP contribution is 2.47. The number of rotatable bonds is 4. The first-order valence-corrected chi connectivity index (χ1v) is 7.04. The number of sulfone groups is 1. The van der Waals surface area contributed by atoms with E-state index in [1.165, 1.54) is 6.07 Å². The third kappa shape index (κ3) is 2.20. The molecule has 1 aromatic carbocycles. The van der Waals surface area contributed by atoms with Crippen LogP contribution >= 0.6 is 0 Å². The summed E-state index contributed by atoms with van der Waals surface area (Å²) in [4.78, 5) is 11.3. The van der Waals surface area contributed by atoms with Crippen molar-refractivity contribution >= 4 is 15.8 Å². The average Bonchev–Trinajstić information content (AvgIpc) is 2.98. The molecule has 0 heterocycles. The van der Waals surface area contributed by atoms with E-state index in [0.717, 1.165) is 0 Å². The van der Waals surface area contributed by atoms with Crippen LogP contribution in [0.15, 0.2) is 29.2 Å². The number of carboxylic acids is 1. The van der Waals surface area contributed by atoms with Crippen molar-refractivity contribution in [1.82, 2.24) is 0 Å². The van der Waals surface area contributed by atoms with Crippen LogP contribution in [0.2, 0.25) is 0 Å². The van der Waals surface area contributed by atoms with E-state index in [2.05, 4.69) is 0 Å². The lowest BCUT2D eigenvalue weighted by atomic mass is 10.1. The number of carbonyl (C=O) groups is 1. The second kappa shape index (κ2) is 3.84. The maximum atomic E-state index is 12.1. The molecule has 4 nitrogen and oxygen atoms in total. The summed E-state index contributed by atoms with van der Waals surface area (Å²) in [5.74, 6) is -1.30. The lowest BCUT2D eigenvalue weighted by Crippen LogP contribution is -2.25. The van der Waals surface area contributed by atoms with Gasteiger partial charge in [-0.3, -0.25) is 4.79 Å². The Labute approximate surface area is 100 Å². The Hall–Kier alpha value is -1.36. The molecule has 0 unspecified atom stereocenters. The minimum atomic E-state index is -3.51. The molecule has 1 N–H and O–H groups in total. The molecule has 92 valence electrons. The molecule has 17 heavy (non-hydrogen) atoms. The van der Waals surface area contributed by atoms with Gasteiger partial charge in [0.25, 0.3) is 0 Å². The number of carboxylic acid groups (broad SMARTS) is 1. The number of aliphatic carboxylic acids is 1. The van der Waals surface area contributed by atoms with Gasteiger partial charge in [0.1, 0.15) is 0 Å². The van der Waals surface area contributed by atoms with Gasteiger partial charge in [-0.1, -0.05) is 18.2 Å². The Bertz CT molecular complexity index is 556. The summed E-state index contributed by atoms with van der Waals surface area (Å²) in [6.45, 7) is 1.72. The van der Waals surface area contributed by atoms with Gasteiger partial charge in [-0.2, -0.15) is 0 Å². The topological polar surface area (TPSA) is 71.4 Å². The Kier molecular flexibility index (Phi) is 2.73. The lowest BCUT2D eigenvalue weighted by Gasteiger charge is -2.12. The zero-order valence-corrected chi connectivity index (χ0v) is 10.3. The van der Waals surface area contributed by atoms with Gasteiger partial charge in [-0.05, 0) is 31.4 Å². The van der Waals surface area contributed by atoms with Crippen molar-refractivity contribution in [2.45, 2.75) is 24.7 Å². The predicted molar refractivity (Wildman–Crippen MR) is 62.5 cm³/mol. The second-order valence-corrected chi connectivity index (χ2v) is 6.57. The number of benzene rings is 1. The van der Waals surface area contributed by atoms with E-state index in [0.29, 0.717) is 18.4 Å². The van der Waals surface area contributed by atoms with Crippen LogP contribution in [0.25, 0.3) is 0 Å². The molecular weight excluding hydrogens is 240 g/mol. The third-order valence-electron chi connectivity index (χ3n) is 3.20. The molecule has 5 heteroatoms. The number of aryl methyl sites for hydroxylation is 1. The van der Waals surface area contributed by atoms with Crippen LogP contribution in [0.3, 0.4) is 0 Å². The van der Waals surface area contributed by atoms with Crippen molar-refractivity contribution in [3.8, 4) is 0 Å². The molecule has 1 fully saturated rings. The molecular formula is C12H14O4S. The van der Waals surface area contributed by atoms with Gasteiger partial charge in [0.05, 0.1) is 16.1 Å². The zero-order valence-electron chi connectivity index (χ0n) is 9.51. The number of hydrogen-bond acceptors (Lipinski definition) is 3. The van der Waals surface area contributed by atoms with Crippen molar-refractivity contribution in [1.29, 1.82) is 0 Å². The Morgan fingerprint density at radius 3 is 2.41 bits per heavy atom. The van der Waals surface area contributed by atoms with Crippen molar-refractivity contribution < 1.29 is 18.3 Å². The minimum absolute atomic E-state index is 0.243. The summed E-state index contributed by atoms with van der Waals surface area (Å²) >= 11 is 0. The van der Waals surface area contributed by atoms with Crippen molar-refractivity contribution in [3.05, 3.63) is 29.8 Å². The largest absolute Gasteiger partial charge is 0.481 e. The molecule has 0 radical (unpaired) electrons. The maximum absolute atomic E-state index is 12.1. The van der Waals surface area contributed by atoms with Gasteiger partial charge in [0.2, 0.25) is 0 Å². The van der Waals surface area contributed by atoms with Crippen LogP contribution in [0.1, 0.15) is 18.4 Å². The second-order valence-electron chi connectivity index (χ2n) is 4.61. The van der Waals surface area contributed by atoms with E-state index in [1.807, 2.05) is 0 Å². The Morgan fingerprint density at radius 2 is 1.94 bits per heavy atom. The van der Waals surface area contributed by atoms with Crippen molar-refractivity contribution in [2.24, 2.45) is 5.41 Å². The third-order valence-corrected chi connectivity index (χ3v) is 5.26. The lowest BCUT2D eigenvalue weighted by molar-refractivity contribution is -0.142. The van der Waals surface area contributed by atoms with E-state index < -0.39 is 21.2 Å². The molecule has 0 spiro atoms. The van der Waals surface area contributed by atoms with Crippen LogP contribution in [0.5, 0.6) is 0 Å². The molecule has 1 saturated carbocycles. The monoisotopic (exact) mass is 254 g/mol. The van der Waals surface area contributed by atoms with Gasteiger partial charge >= 0.3 is 5.97 Å². The first-order chi connectivity index (χ1) is 7.87. The Morgan fingerprint density at radius 1 is 1.35 bits per heavy atom. The average molecular weight is 254 g/mol. The van der Waals surface area contributed by atoms with Crippen molar-refractivity contribution in [3.63, 3.8) is 0 Å². The quantitative estimate of drug-likeness (QED) is 0.886. The fourth-order valence-electron chi connectivity index (χ4n) is 1.92. The fourth-order valence-corrected chi connectivity index (χ4v) is 4.06. The molecule has 1 aliphatic rings. The van der Waals surface area contributed by atoms with Gasteiger partial charge in [0.15, 0.2) is 9.84 Å². The van der Waals surface area contributed by atoms with E-state index in [1.54, 1.807) is 25.1 Å². The predicted octanol–water partition coefficient (Wildman–Crippen LogP) is 1.63. The highest BCUT2D eigenvalue weighted by atomic mass is 32.2.